The minimum atomic E-state index is 0.876. The molecule has 0 spiro atoms. The number of nitrogens with one attached hydrogen (secondary N) is 2. The monoisotopic (exact) mass is 274 g/mol. The van der Waals surface area contributed by atoms with E-state index >= 15 is 0 Å². The van der Waals surface area contributed by atoms with E-state index < -0.39 is 0 Å². The van der Waals surface area contributed by atoms with E-state index in [-0.39, 0.29) is 0 Å². The molecule has 5 rings (SSSR count). The second-order valence-electron chi connectivity index (χ2n) is 8.56. The molecule has 8 atom stereocenters. The lowest BCUT2D eigenvalue weighted by Gasteiger charge is -2.43. The molecule has 2 heterocycles. The Morgan fingerprint density at radius 1 is 0.600 bits per heavy atom. The second kappa shape index (κ2) is 4.71. The van der Waals surface area contributed by atoms with Gasteiger partial charge >= 0.3 is 0 Å². The zero-order valence-electron chi connectivity index (χ0n) is 12.7. The fraction of sp³-hybridized carbons (Fsp3) is 1.00. The number of fused-ring (bicyclic) bond motifs is 5. The summed E-state index contributed by atoms with van der Waals surface area (Å²) in [5.74, 6) is 5.21. The summed E-state index contributed by atoms with van der Waals surface area (Å²) in [6.45, 7) is 1.29. The first kappa shape index (κ1) is 12.5. The van der Waals surface area contributed by atoms with Crippen molar-refractivity contribution in [2.24, 2.45) is 29.6 Å². The smallest absolute Gasteiger partial charge is 0.0105 e. The van der Waals surface area contributed by atoms with E-state index in [9.17, 15) is 0 Å². The fourth-order valence-corrected chi connectivity index (χ4v) is 6.86. The summed E-state index contributed by atoms with van der Waals surface area (Å²) in [6.07, 6.45) is 13.6. The van der Waals surface area contributed by atoms with Crippen molar-refractivity contribution in [3.05, 3.63) is 0 Å². The Morgan fingerprint density at radius 2 is 1.30 bits per heavy atom. The molecule has 20 heavy (non-hydrogen) atoms. The maximum Gasteiger partial charge on any atom is 0.0105 e. The Bertz CT molecular complexity index is 382. The summed E-state index contributed by atoms with van der Waals surface area (Å²) in [4.78, 5) is 0. The Kier molecular flexibility index (Phi) is 2.93. The third-order valence-corrected chi connectivity index (χ3v) is 7.78. The zero-order chi connectivity index (χ0) is 13.1. The first-order valence-corrected chi connectivity index (χ1v) is 9.38. The Labute approximate surface area is 123 Å². The van der Waals surface area contributed by atoms with Gasteiger partial charge in [-0.2, -0.15) is 0 Å². The van der Waals surface area contributed by atoms with Crippen LogP contribution in [-0.2, 0) is 0 Å². The third kappa shape index (κ3) is 1.83. The summed E-state index contributed by atoms with van der Waals surface area (Å²) in [5, 5.41) is 7.91. The van der Waals surface area contributed by atoms with Crippen LogP contribution in [0.2, 0.25) is 0 Å². The van der Waals surface area contributed by atoms with Crippen LogP contribution in [0, 0.1) is 29.6 Å². The van der Waals surface area contributed by atoms with Crippen LogP contribution < -0.4 is 10.6 Å². The molecule has 8 unspecified atom stereocenters. The maximum atomic E-state index is 4.11. The Morgan fingerprint density at radius 3 is 2.15 bits per heavy atom. The van der Waals surface area contributed by atoms with Crippen LogP contribution in [-0.4, -0.2) is 24.7 Å². The molecular weight excluding hydrogens is 244 g/mol. The molecule has 2 aliphatic heterocycles. The highest BCUT2D eigenvalue weighted by molar-refractivity contribution is 5.08. The average Bonchev–Trinajstić information content (AvgIpc) is 3.05. The maximum absolute atomic E-state index is 4.11. The van der Waals surface area contributed by atoms with Crippen molar-refractivity contribution in [3.63, 3.8) is 0 Å². The van der Waals surface area contributed by atoms with E-state index in [4.69, 9.17) is 0 Å². The van der Waals surface area contributed by atoms with Gasteiger partial charge in [-0.15, -0.1) is 0 Å². The molecule has 2 saturated heterocycles. The minimum Gasteiger partial charge on any atom is -0.314 e. The predicted octanol–water partition coefficient (Wildman–Crippen LogP) is 2.93. The van der Waals surface area contributed by atoms with Gasteiger partial charge in [-0.3, -0.25) is 0 Å². The summed E-state index contributed by atoms with van der Waals surface area (Å²) in [5.41, 5.74) is 0. The number of hydrogen-bond donors (Lipinski definition) is 2. The van der Waals surface area contributed by atoms with Crippen LogP contribution in [0.4, 0.5) is 0 Å². The van der Waals surface area contributed by atoms with Gasteiger partial charge in [0.2, 0.25) is 0 Å². The molecule has 3 saturated carbocycles. The molecule has 0 aromatic heterocycles. The zero-order valence-corrected chi connectivity index (χ0v) is 12.7. The largest absolute Gasteiger partial charge is 0.314 e. The van der Waals surface area contributed by atoms with Gasteiger partial charge in [0, 0.05) is 18.1 Å². The van der Waals surface area contributed by atoms with Gasteiger partial charge in [-0.1, -0.05) is 25.7 Å². The highest BCUT2D eigenvalue weighted by Crippen LogP contribution is 2.52. The lowest BCUT2D eigenvalue weighted by Crippen LogP contribution is -2.43. The summed E-state index contributed by atoms with van der Waals surface area (Å²) < 4.78 is 0. The van der Waals surface area contributed by atoms with Crippen molar-refractivity contribution >= 4 is 0 Å². The molecule has 0 radical (unpaired) electrons. The van der Waals surface area contributed by atoms with Crippen LogP contribution in [0.1, 0.15) is 57.8 Å². The molecule has 5 aliphatic rings. The van der Waals surface area contributed by atoms with E-state index in [1.165, 1.54) is 51.5 Å². The van der Waals surface area contributed by atoms with Crippen LogP contribution in [0.15, 0.2) is 0 Å². The van der Waals surface area contributed by atoms with E-state index in [1.807, 2.05) is 0 Å². The van der Waals surface area contributed by atoms with Gasteiger partial charge in [-0.25, -0.2) is 0 Å². The molecule has 2 N–H and O–H groups in total. The van der Waals surface area contributed by atoms with Gasteiger partial charge in [0.05, 0.1) is 0 Å². The molecular formula is C18H30N2. The second-order valence-corrected chi connectivity index (χ2v) is 8.56. The quantitative estimate of drug-likeness (QED) is 0.710. The van der Waals surface area contributed by atoms with Crippen LogP contribution in [0.5, 0.6) is 0 Å². The lowest BCUT2D eigenvalue weighted by atomic mass is 9.62. The van der Waals surface area contributed by atoms with Gasteiger partial charge in [0.25, 0.3) is 0 Å². The SMILES string of the molecule is C1CCC2CC3C(CC2C1)NC1CC2CCNC2CC13. The summed E-state index contributed by atoms with van der Waals surface area (Å²) in [7, 11) is 0. The Hall–Kier alpha value is -0.0800. The van der Waals surface area contributed by atoms with Crippen molar-refractivity contribution in [1.29, 1.82) is 0 Å². The molecule has 0 amide bonds. The summed E-state index contributed by atoms with van der Waals surface area (Å²) in [6, 6.07) is 2.65. The standard InChI is InChI=1S/C18H30N2/c1-2-4-12-8-17-14(7-11(12)3-1)15-10-16-13(5-6-19-16)9-18(15)20-17/h11-20H,1-10H2. The van der Waals surface area contributed by atoms with E-state index in [0.717, 1.165) is 47.7 Å². The number of hydrogen-bond acceptors (Lipinski definition) is 2. The van der Waals surface area contributed by atoms with Crippen molar-refractivity contribution in [1.82, 2.24) is 10.6 Å². The normalized spacial score (nSPS) is 57.6. The van der Waals surface area contributed by atoms with Crippen molar-refractivity contribution in [2.45, 2.75) is 75.9 Å². The highest BCUT2D eigenvalue weighted by Gasteiger charge is 2.52. The molecule has 0 aromatic carbocycles. The van der Waals surface area contributed by atoms with Gasteiger partial charge in [-0.05, 0) is 68.2 Å². The highest BCUT2D eigenvalue weighted by atomic mass is 15.1. The van der Waals surface area contributed by atoms with Crippen molar-refractivity contribution < 1.29 is 0 Å². The molecule has 5 fully saturated rings. The average molecular weight is 274 g/mol. The van der Waals surface area contributed by atoms with E-state index in [1.54, 1.807) is 12.8 Å². The predicted molar refractivity (Wildman–Crippen MR) is 81.5 cm³/mol. The van der Waals surface area contributed by atoms with Gasteiger partial charge in [0.15, 0.2) is 0 Å². The Balaban J connectivity index is 1.35. The first-order chi connectivity index (χ1) is 9.88. The molecule has 2 nitrogen and oxygen atoms in total. The molecule has 2 heteroatoms. The molecule has 3 aliphatic carbocycles. The lowest BCUT2D eigenvalue weighted by molar-refractivity contribution is 0.0906. The number of rotatable bonds is 0. The van der Waals surface area contributed by atoms with Crippen LogP contribution in [0.3, 0.4) is 0 Å². The van der Waals surface area contributed by atoms with Crippen LogP contribution >= 0.6 is 0 Å². The van der Waals surface area contributed by atoms with Crippen molar-refractivity contribution in [3.8, 4) is 0 Å². The molecule has 0 bridgehead atoms. The van der Waals surface area contributed by atoms with E-state index in [0.29, 0.717) is 0 Å². The minimum absolute atomic E-state index is 0.876. The van der Waals surface area contributed by atoms with Gasteiger partial charge in [0.1, 0.15) is 0 Å². The van der Waals surface area contributed by atoms with Crippen molar-refractivity contribution in [2.75, 3.05) is 6.54 Å². The summed E-state index contributed by atoms with van der Waals surface area (Å²) >= 11 is 0. The third-order valence-electron chi connectivity index (χ3n) is 7.78. The fourth-order valence-electron chi connectivity index (χ4n) is 6.86. The van der Waals surface area contributed by atoms with Crippen LogP contribution in [0.25, 0.3) is 0 Å². The first-order valence-electron chi connectivity index (χ1n) is 9.38. The van der Waals surface area contributed by atoms with Gasteiger partial charge < -0.3 is 10.6 Å². The topological polar surface area (TPSA) is 24.1 Å². The molecule has 112 valence electrons. The van der Waals surface area contributed by atoms with E-state index in [2.05, 4.69) is 10.6 Å². The molecule has 0 aromatic rings.